The van der Waals surface area contributed by atoms with Gasteiger partial charge in [-0.25, -0.2) is 9.69 Å². The molecule has 0 unspecified atom stereocenters. The fraction of sp³-hybridized carbons (Fsp3) is 0.333. The molecule has 0 saturated carbocycles. The second-order valence-electron chi connectivity index (χ2n) is 5.14. The molecular formula is C15H15BrN2O5S. The zero-order valence-electron chi connectivity index (χ0n) is 12.7. The number of nitrogens with zero attached hydrogens (tertiary/aromatic N) is 1. The minimum Gasteiger partial charge on any atom is -0.480 e. The van der Waals surface area contributed by atoms with Crippen molar-refractivity contribution in [2.24, 2.45) is 0 Å². The largest absolute Gasteiger partial charge is 0.480 e. The SMILES string of the molecule is CC(=O)N[C@H](CS[C@@H]1CC(=O)N(c2ccccc2Br)C1=O)C(=O)O. The van der Waals surface area contributed by atoms with E-state index in [1.807, 2.05) is 0 Å². The molecule has 24 heavy (non-hydrogen) atoms. The summed E-state index contributed by atoms with van der Waals surface area (Å²) in [6, 6.07) is 5.78. The summed E-state index contributed by atoms with van der Waals surface area (Å²) in [5, 5.41) is 10.7. The van der Waals surface area contributed by atoms with Crippen LogP contribution in [0.1, 0.15) is 13.3 Å². The number of carbonyl (C=O) groups excluding carboxylic acids is 3. The first-order chi connectivity index (χ1) is 11.3. The van der Waals surface area contributed by atoms with Crippen molar-refractivity contribution < 1.29 is 24.3 Å². The summed E-state index contributed by atoms with van der Waals surface area (Å²) in [7, 11) is 0. The van der Waals surface area contributed by atoms with E-state index in [1.165, 1.54) is 6.92 Å². The highest BCUT2D eigenvalue weighted by Crippen LogP contribution is 2.34. The molecule has 1 aromatic carbocycles. The summed E-state index contributed by atoms with van der Waals surface area (Å²) in [5.41, 5.74) is 0.465. The number of halogens is 1. The van der Waals surface area contributed by atoms with Crippen molar-refractivity contribution in [3.63, 3.8) is 0 Å². The van der Waals surface area contributed by atoms with Crippen molar-refractivity contribution in [2.45, 2.75) is 24.6 Å². The topological polar surface area (TPSA) is 104 Å². The first kappa shape index (κ1) is 18.5. The predicted octanol–water partition coefficient (Wildman–Crippen LogP) is 1.40. The third-order valence-corrected chi connectivity index (χ3v) is 5.31. The third-order valence-electron chi connectivity index (χ3n) is 3.34. The number of hydrogen-bond donors (Lipinski definition) is 2. The number of thioether (sulfide) groups is 1. The molecule has 9 heteroatoms. The van der Waals surface area contributed by atoms with Crippen molar-refractivity contribution in [1.82, 2.24) is 5.32 Å². The molecule has 7 nitrogen and oxygen atoms in total. The first-order valence-corrected chi connectivity index (χ1v) is 8.88. The molecule has 3 amide bonds. The minimum atomic E-state index is -1.18. The molecule has 1 aliphatic heterocycles. The molecule has 0 bridgehead atoms. The Balaban J connectivity index is 2.07. The van der Waals surface area contributed by atoms with Gasteiger partial charge < -0.3 is 10.4 Å². The highest BCUT2D eigenvalue weighted by molar-refractivity contribution is 9.10. The summed E-state index contributed by atoms with van der Waals surface area (Å²) < 4.78 is 0.624. The minimum absolute atomic E-state index is 0.00238. The van der Waals surface area contributed by atoms with E-state index in [4.69, 9.17) is 5.11 Å². The van der Waals surface area contributed by atoms with Crippen LogP contribution in [0.2, 0.25) is 0 Å². The van der Waals surface area contributed by atoms with Crippen LogP contribution in [0.25, 0.3) is 0 Å². The summed E-state index contributed by atoms with van der Waals surface area (Å²) in [6.45, 7) is 1.22. The second kappa shape index (κ2) is 7.80. The van der Waals surface area contributed by atoms with Crippen molar-refractivity contribution in [3.8, 4) is 0 Å². The third kappa shape index (κ3) is 4.15. The molecule has 2 rings (SSSR count). The lowest BCUT2D eigenvalue weighted by atomic mass is 10.3. The fourth-order valence-electron chi connectivity index (χ4n) is 2.25. The Kier molecular flexibility index (Phi) is 6.00. The zero-order valence-corrected chi connectivity index (χ0v) is 15.1. The average Bonchev–Trinajstić information content (AvgIpc) is 2.78. The highest BCUT2D eigenvalue weighted by atomic mass is 79.9. The van der Waals surface area contributed by atoms with E-state index in [-0.39, 0.29) is 24.0 Å². The van der Waals surface area contributed by atoms with Gasteiger partial charge in [0.15, 0.2) is 0 Å². The molecule has 0 radical (unpaired) electrons. The van der Waals surface area contributed by atoms with Crippen LogP contribution in [0.4, 0.5) is 5.69 Å². The molecule has 0 aliphatic carbocycles. The molecule has 1 fully saturated rings. The van der Waals surface area contributed by atoms with E-state index in [2.05, 4.69) is 21.2 Å². The maximum Gasteiger partial charge on any atom is 0.327 e. The first-order valence-electron chi connectivity index (χ1n) is 7.04. The lowest BCUT2D eigenvalue weighted by molar-refractivity contribution is -0.140. The van der Waals surface area contributed by atoms with E-state index in [0.29, 0.717) is 10.2 Å². The van der Waals surface area contributed by atoms with Crippen LogP contribution in [0, 0.1) is 0 Å². The Morgan fingerprint density at radius 2 is 2.08 bits per heavy atom. The Bertz CT molecular complexity index is 696. The van der Waals surface area contributed by atoms with E-state index < -0.39 is 23.2 Å². The fourth-order valence-corrected chi connectivity index (χ4v) is 3.87. The van der Waals surface area contributed by atoms with Gasteiger partial charge in [0.2, 0.25) is 17.7 Å². The van der Waals surface area contributed by atoms with Crippen LogP contribution in [0.3, 0.4) is 0 Å². The quantitative estimate of drug-likeness (QED) is 0.681. The van der Waals surface area contributed by atoms with E-state index in [1.54, 1.807) is 24.3 Å². The van der Waals surface area contributed by atoms with Crippen molar-refractivity contribution in [1.29, 1.82) is 0 Å². The van der Waals surface area contributed by atoms with Gasteiger partial charge in [0.05, 0.1) is 10.9 Å². The second-order valence-corrected chi connectivity index (χ2v) is 7.23. The van der Waals surface area contributed by atoms with Gasteiger partial charge in [-0.1, -0.05) is 12.1 Å². The van der Waals surface area contributed by atoms with E-state index in [9.17, 15) is 19.2 Å². The maximum atomic E-state index is 12.5. The number of amides is 3. The van der Waals surface area contributed by atoms with Gasteiger partial charge in [-0.15, -0.1) is 11.8 Å². The Morgan fingerprint density at radius 1 is 1.42 bits per heavy atom. The number of nitrogens with one attached hydrogen (secondary N) is 1. The van der Waals surface area contributed by atoms with Gasteiger partial charge in [0.25, 0.3) is 0 Å². The number of carboxylic acid groups (broad SMARTS) is 1. The molecule has 1 saturated heterocycles. The molecule has 1 aliphatic rings. The highest BCUT2D eigenvalue weighted by Gasteiger charge is 2.41. The van der Waals surface area contributed by atoms with Crippen LogP contribution in [-0.4, -0.2) is 45.8 Å². The number of anilines is 1. The van der Waals surface area contributed by atoms with Crippen LogP contribution in [-0.2, 0) is 19.2 Å². The Morgan fingerprint density at radius 3 is 2.67 bits per heavy atom. The maximum absolute atomic E-state index is 12.5. The van der Waals surface area contributed by atoms with Gasteiger partial charge in [-0.2, -0.15) is 0 Å². The summed E-state index contributed by atoms with van der Waals surface area (Å²) in [4.78, 5) is 47.9. The summed E-state index contributed by atoms with van der Waals surface area (Å²) >= 11 is 4.37. The van der Waals surface area contributed by atoms with Crippen molar-refractivity contribution in [3.05, 3.63) is 28.7 Å². The number of imide groups is 1. The number of aliphatic carboxylic acids is 1. The lowest BCUT2D eigenvalue weighted by Crippen LogP contribution is -2.42. The molecule has 0 spiro atoms. The predicted molar refractivity (Wildman–Crippen MR) is 92.7 cm³/mol. The summed E-state index contributed by atoms with van der Waals surface area (Å²) in [6.07, 6.45) is -0.00273. The van der Waals surface area contributed by atoms with Gasteiger partial charge in [0, 0.05) is 23.6 Å². The van der Waals surface area contributed by atoms with E-state index in [0.717, 1.165) is 16.7 Å². The number of rotatable bonds is 6. The monoisotopic (exact) mass is 414 g/mol. The number of carboxylic acids is 1. The Labute approximate surface area is 150 Å². The molecule has 2 atom stereocenters. The molecule has 128 valence electrons. The van der Waals surface area contributed by atoms with Gasteiger partial charge in [-0.3, -0.25) is 14.4 Å². The van der Waals surface area contributed by atoms with Crippen molar-refractivity contribution in [2.75, 3.05) is 10.7 Å². The summed E-state index contributed by atoms with van der Waals surface area (Å²) in [5.74, 6) is -2.37. The zero-order chi connectivity index (χ0) is 17.9. The van der Waals surface area contributed by atoms with Crippen LogP contribution < -0.4 is 10.2 Å². The Hall–Kier alpha value is -1.87. The average molecular weight is 415 g/mol. The van der Waals surface area contributed by atoms with Crippen LogP contribution in [0.15, 0.2) is 28.7 Å². The number of hydrogen-bond acceptors (Lipinski definition) is 5. The molecule has 1 heterocycles. The number of para-hydroxylation sites is 1. The van der Waals surface area contributed by atoms with Gasteiger partial charge >= 0.3 is 5.97 Å². The number of benzene rings is 1. The smallest absolute Gasteiger partial charge is 0.327 e. The molecule has 2 N–H and O–H groups in total. The van der Waals surface area contributed by atoms with Gasteiger partial charge in [-0.05, 0) is 28.1 Å². The van der Waals surface area contributed by atoms with Crippen LogP contribution in [0.5, 0.6) is 0 Å². The molecule has 1 aromatic rings. The lowest BCUT2D eigenvalue weighted by Gasteiger charge is -2.17. The van der Waals surface area contributed by atoms with E-state index >= 15 is 0 Å². The molecular weight excluding hydrogens is 400 g/mol. The van der Waals surface area contributed by atoms with Gasteiger partial charge in [0.1, 0.15) is 6.04 Å². The number of carbonyl (C=O) groups is 4. The normalized spacial score (nSPS) is 18.6. The molecule has 0 aromatic heterocycles. The standard InChI is InChI=1S/C15H15BrN2O5S/c1-8(19)17-10(15(22)23)7-24-12-6-13(20)18(14(12)21)11-5-3-2-4-9(11)16/h2-5,10,12H,6-7H2,1H3,(H,17,19)(H,22,23)/t10-,12-/m1/s1. The van der Waals surface area contributed by atoms with Crippen molar-refractivity contribution >= 4 is 57.1 Å². The van der Waals surface area contributed by atoms with Crippen LogP contribution >= 0.6 is 27.7 Å².